The van der Waals surface area contributed by atoms with E-state index in [4.69, 9.17) is 11.6 Å². The molecule has 0 saturated carbocycles. The summed E-state index contributed by atoms with van der Waals surface area (Å²) in [7, 11) is 0. The van der Waals surface area contributed by atoms with Crippen molar-refractivity contribution >= 4 is 22.9 Å². The molecule has 2 aromatic rings. The second-order valence-electron chi connectivity index (χ2n) is 3.82. The molecule has 1 unspecified atom stereocenters. The van der Waals surface area contributed by atoms with Crippen molar-refractivity contribution in [2.24, 2.45) is 0 Å². The SMILES string of the molecule is CCNC(c1ccc(Cl)cc1)c1cnc(C)s1. The minimum atomic E-state index is 0.212. The third-order valence-corrected chi connectivity index (χ3v) is 3.76. The Balaban J connectivity index is 2.31. The van der Waals surface area contributed by atoms with Gasteiger partial charge in [0.05, 0.1) is 11.0 Å². The van der Waals surface area contributed by atoms with Crippen LogP contribution in [0.1, 0.15) is 28.4 Å². The van der Waals surface area contributed by atoms with E-state index in [1.165, 1.54) is 10.4 Å². The van der Waals surface area contributed by atoms with Crippen LogP contribution in [0, 0.1) is 6.92 Å². The monoisotopic (exact) mass is 266 g/mol. The van der Waals surface area contributed by atoms with Gasteiger partial charge in [-0.15, -0.1) is 11.3 Å². The fourth-order valence-corrected chi connectivity index (χ4v) is 2.77. The highest BCUT2D eigenvalue weighted by atomic mass is 35.5. The molecule has 0 fully saturated rings. The number of nitrogens with one attached hydrogen (secondary N) is 1. The van der Waals surface area contributed by atoms with Crippen molar-refractivity contribution in [3.8, 4) is 0 Å². The van der Waals surface area contributed by atoms with Crippen LogP contribution in [0.4, 0.5) is 0 Å². The van der Waals surface area contributed by atoms with Gasteiger partial charge in [-0.25, -0.2) is 4.98 Å². The zero-order chi connectivity index (χ0) is 12.3. The Kier molecular flexibility index (Phi) is 4.15. The van der Waals surface area contributed by atoms with Gasteiger partial charge in [0.2, 0.25) is 0 Å². The molecule has 1 heterocycles. The molecule has 1 aromatic heterocycles. The average molecular weight is 267 g/mol. The third-order valence-electron chi connectivity index (χ3n) is 2.54. The van der Waals surface area contributed by atoms with E-state index in [9.17, 15) is 0 Å². The molecule has 0 amide bonds. The number of aromatic nitrogens is 1. The van der Waals surface area contributed by atoms with Crippen LogP contribution in [0.25, 0.3) is 0 Å². The van der Waals surface area contributed by atoms with Crippen LogP contribution in [0.2, 0.25) is 5.02 Å². The minimum Gasteiger partial charge on any atom is -0.306 e. The summed E-state index contributed by atoms with van der Waals surface area (Å²) >= 11 is 7.64. The maximum absolute atomic E-state index is 5.91. The molecule has 0 aliphatic heterocycles. The van der Waals surface area contributed by atoms with Gasteiger partial charge in [0.15, 0.2) is 0 Å². The molecule has 0 spiro atoms. The number of hydrogen-bond donors (Lipinski definition) is 1. The first-order valence-corrected chi connectivity index (χ1v) is 6.81. The molecule has 1 N–H and O–H groups in total. The molecule has 2 rings (SSSR count). The molecule has 0 radical (unpaired) electrons. The fourth-order valence-electron chi connectivity index (χ4n) is 1.75. The van der Waals surface area contributed by atoms with Crippen molar-refractivity contribution in [3.05, 3.63) is 50.9 Å². The molecule has 90 valence electrons. The van der Waals surface area contributed by atoms with E-state index in [1.54, 1.807) is 11.3 Å². The second-order valence-corrected chi connectivity index (χ2v) is 5.53. The maximum atomic E-state index is 5.91. The molecule has 4 heteroatoms. The highest BCUT2D eigenvalue weighted by Crippen LogP contribution is 2.27. The largest absolute Gasteiger partial charge is 0.306 e. The van der Waals surface area contributed by atoms with E-state index in [-0.39, 0.29) is 6.04 Å². The van der Waals surface area contributed by atoms with Crippen molar-refractivity contribution in [2.45, 2.75) is 19.9 Å². The van der Waals surface area contributed by atoms with E-state index in [0.717, 1.165) is 16.6 Å². The van der Waals surface area contributed by atoms with Crippen LogP contribution >= 0.6 is 22.9 Å². The Morgan fingerprint density at radius 1 is 1.35 bits per heavy atom. The van der Waals surface area contributed by atoms with Crippen LogP contribution in [0.3, 0.4) is 0 Å². The number of nitrogens with zero attached hydrogens (tertiary/aromatic N) is 1. The van der Waals surface area contributed by atoms with Crippen molar-refractivity contribution in [1.82, 2.24) is 10.3 Å². The van der Waals surface area contributed by atoms with Crippen molar-refractivity contribution in [1.29, 1.82) is 0 Å². The third kappa shape index (κ3) is 3.06. The van der Waals surface area contributed by atoms with E-state index in [0.29, 0.717) is 0 Å². The number of hydrogen-bond acceptors (Lipinski definition) is 3. The minimum absolute atomic E-state index is 0.212. The standard InChI is InChI=1S/C13H15ClN2S/c1-3-15-13(12-8-16-9(2)17-12)10-4-6-11(14)7-5-10/h4-8,13,15H,3H2,1-2H3. The summed E-state index contributed by atoms with van der Waals surface area (Å²) in [5.41, 5.74) is 1.22. The highest BCUT2D eigenvalue weighted by molar-refractivity contribution is 7.11. The van der Waals surface area contributed by atoms with Gasteiger partial charge in [-0.3, -0.25) is 0 Å². The van der Waals surface area contributed by atoms with E-state index in [2.05, 4.69) is 29.4 Å². The molecular weight excluding hydrogens is 252 g/mol. The molecular formula is C13H15ClN2S. The predicted molar refractivity (Wildman–Crippen MR) is 73.8 cm³/mol. The summed E-state index contributed by atoms with van der Waals surface area (Å²) in [6, 6.07) is 8.18. The lowest BCUT2D eigenvalue weighted by Crippen LogP contribution is -2.20. The first-order valence-electron chi connectivity index (χ1n) is 5.62. The van der Waals surface area contributed by atoms with Crippen LogP contribution in [-0.2, 0) is 0 Å². The Hall–Kier alpha value is -0.900. The molecule has 2 nitrogen and oxygen atoms in total. The van der Waals surface area contributed by atoms with Gasteiger partial charge in [0.1, 0.15) is 0 Å². The number of benzene rings is 1. The van der Waals surface area contributed by atoms with Gasteiger partial charge < -0.3 is 5.32 Å². The van der Waals surface area contributed by atoms with Crippen LogP contribution in [0.15, 0.2) is 30.5 Å². The van der Waals surface area contributed by atoms with Gasteiger partial charge >= 0.3 is 0 Å². The van der Waals surface area contributed by atoms with Gasteiger partial charge in [0.25, 0.3) is 0 Å². The van der Waals surface area contributed by atoms with Crippen molar-refractivity contribution < 1.29 is 0 Å². The summed E-state index contributed by atoms with van der Waals surface area (Å²) in [4.78, 5) is 5.56. The van der Waals surface area contributed by atoms with Gasteiger partial charge in [-0.05, 0) is 31.2 Å². The lowest BCUT2D eigenvalue weighted by molar-refractivity contribution is 0.638. The number of thiazole rings is 1. The fraction of sp³-hybridized carbons (Fsp3) is 0.308. The summed E-state index contributed by atoms with van der Waals surface area (Å²) in [6.07, 6.45) is 1.95. The van der Waals surface area contributed by atoms with Gasteiger partial charge in [-0.2, -0.15) is 0 Å². The molecule has 1 atom stereocenters. The Bertz CT molecular complexity index is 478. The average Bonchev–Trinajstić information content (AvgIpc) is 2.74. The lowest BCUT2D eigenvalue weighted by atomic mass is 10.1. The zero-order valence-electron chi connectivity index (χ0n) is 9.90. The quantitative estimate of drug-likeness (QED) is 0.910. The Labute approximate surface area is 111 Å². The molecule has 1 aromatic carbocycles. The number of aryl methyl sites for hydroxylation is 1. The number of halogens is 1. The van der Waals surface area contributed by atoms with Crippen molar-refractivity contribution in [2.75, 3.05) is 6.54 Å². The molecule has 0 aliphatic rings. The molecule has 17 heavy (non-hydrogen) atoms. The van der Waals surface area contributed by atoms with Crippen LogP contribution in [0.5, 0.6) is 0 Å². The van der Waals surface area contributed by atoms with E-state index < -0.39 is 0 Å². The Morgan fingerprint density at radius 3 is 2.59 bits per heavy atom. The maximum Gasteiger partial charge on any atom is 0.0897 e. The molecule has 0 aliphatic carbocycles. The first kappa shape index (κ1) is 12.6. The second kappa shape index (κ2) is 5.63. The number of rotatable bonds is 4. The Morgan fingerprint density at radius 2 is 2.06 bits per heavy atom. The normalized spacial score (nSPS) is 12.6. The van der Waals surface area contributed by atoms with Crippen LogP contribution < -0.4 is 5.32 Å². The molecule has 0 saturated heterocycles. The van der Waals surface area contributed by atoms with Crippen molar-refractivity contribution in [3.63, 3.8) is 0 Å². The highest BCUT2D eigenvalue weighted by Gasteiger charge is 2.15. The summed E-state index contributed by atoms with van der Waals surface area (Å²) < 4.78 is 0. The van der Waals surface area contributed by atoms with E-state index >= 15 is 0 Å². The van der Waals surface area contributed by atoms with Gasteiger partial charge in [-0.1, -0.05) is 30.7 Å². The summed E-state index contributed by atoms with van der Waals surface area (Å²) in [5, 5.41) is 5.34. The predicted octanol–water partition coefficient (Wildman–Crippen LogP) is 3.80. The summed E-state index contributed by atoms with van der Waals surface area (Å²) in [6.45, 7) is 5.06. The van der Waals surface area contributed by atoms with Crippen LogP contribution in [-0.4, -0.2) is 11.5 Å². The summed E-state index contributed by atoms with van der Waals surface area (Å²) in [5.74, 6) is 0. The zero-order valence-corrected chi connectivity index (χ0v) is 11.5. The first-order chi connectivity index (χ1) is 8.20. The van der Waals surface area contributed by atoms with Gasteiger partial charge in [0, 0.05) is 16.1 Å². The molecule has 0 bridgehead atoms. The topological polar surface area (TPSA) is 24.9 Å². The van der Waals surface area contributed by atoms with E-state index in [1.807, 2.05) is 25.3 Å². The smallest absolute Gasteiger partial charge is 0.0897 e. The lowest BCUT2D eigenvalue weighted by Gasteiger charge is -2.16.